The number of carbonyl (C=O) groups is 1. The molecule has 16 heavy (non-hydrogen) atoms. The third-order valence-corrected chi connectivity index (χ3v) is 2.24. The highest BCUT2D eigenvalue weighted by atomic mass is 35.5. The first-order valence-corrected chi connectivity index (χ1v) is 4.56. The molecule has 0 saturated heterocycles. The zero-order valence-electron chi connectivity index (χ0n) is 7.73. The molecule has 0 radical (unpaired) electrons. The maximum atomic E-state index is 11.3. The first kappa shape index (κ1) is 10.5. The predicted molar refractivity (Wildman–Crippen MR) is 56.0 cm³/mol. The molecule has 0 aliphatic carbocycles. The van der Waals surface area contributed by atoms with Crippen molar-refractivity contribution >= 4 is 27.8 Å². The average Bonchev–Trinajstić information content (AvgIpc) is 2.19. The van der Waals surface area contributed by atoms with E-state index in [-0.39, 0.29) is 16.9 Å². The Kier molecular flexibility index (Phi) is 2.32. The number of aromatic hydroxyl groups is 2. The average molecular weight is 241 g/mol. The van der Waals surface area contributed by atoms with E-state index in [4.69, 9.17) is 16.0 Å². The van der Waals surface area contributed by atoms with Gasteiger partial charge in [0.25, 0.3) is 5.24 Å². The molecular formula is C10H5ClO5. The van der Waals surface area contributed by atoms with Crippen LogP contribution in [0.4, 0.5) is 0 Å². The number of carbonyl (C=O) groups excluding carboxylic acids is 1. The summed E-state index contributed by atoms with van der Waals surface area (Å²) in [6.45, 7) is 0. The van der Waals surface area contributed by atoms with E-state index in [1.54, 1.807) is 0 Å². The van der Waals surface area contributed by atoms with E-state index < -0.39 is 16.6 Å². The number of rotatable bonds is 1. The molecule has 0 unspecified atom stereocenters. The van der Waals surface area contributed by atoms with Crippen LogP contribution < -0.4 is 5.63 Å². The molecule has 5 nitrogen and oxygen atoms in total. The van der Waals surface area contributed by atoms with Gasteiger partial charge in [-0.3, -0.25) is 4.79 Å². The van der Waals surface area contributed by atoms with E-state index >= 15 is 0 Å². The minimum atomic E-state index is -0.941. The van der Waals surface area contributed by atoms with Gasteiger partial charge in [-0.25, -0.2) is 4.79 Å². The maximum absolute atomic E-state index is 11.3. The molecule has 0 bridgehead atoms. The van der Waals surface area contributed by atoms with Crippen molar-refractivity contribution in [2.24, 2.45) is 0 Å². The van der Waals surface area contributed by atoms with E-state index in [1.165, 1.54) is 6.07 Å². The van der Waals surface area contributed by atoms with Crippen molar-refractivity contribution in [3.8, 4) is 11.5 Å². The molecule has 0 amide bonds. The molecule has 1 aromatic carbocycles. The third-order valence-electron chi connectivity index (χ3n) is 2.04. The van der Waals surface area contributed by atoms with Gasteiger partial charge in [0.05, 0.1) is 0 Å². The van der Waals surface area contributed by atoms with Crippen molar-refractivity contribution in [1.82, 2.24) is 0 Å². The second-order valence-corrected chi connectivity index (χ2v) is 3.44. The Morgan fingerprint density at radius 1 is 1.19 bits per heavy atom. The van der Waals surface area contributed by atoms with Crippen LogP contribution in [0.5, 0.6) is 11.5 Å². The Bertz CT molecular complexity index is 643. The lowest BCUT2D eigenvalue weighted by Crippen LogP contribution is -2.09. The van der Waals surface area contributed by atoms with Crippen LogP contribution in [0.25, 0.3) is 11.0 Å². The van der Waals surface area contributed by atoms with E-state index in [0.29, 0.717) is 5.39 Å². The van der Waals surface area contributed by atoms with Gasteiger partial charge in [-0.1, -0.05) is 0 Å². The highest BCUT2D eigenvalue weighted by Gasteiger charge is 2.12. The van der Waals surface area contributed by atoms with Gasteiger partial charge in [0.2, 0.25) is 0 Å². The fourth-order valence-electron chi connectivity index (χ4n) is 1.28. The van der Waals surface area contributed by atoms with Gasteiger partial charge < -0.3 is 14.6 Å². The summed E-state index contributed by atoms with van der Waals surface area (Å²) in [7, 11) is 0. The summed E-state index contributed by atoms with van der Waals surface area (Å²) in [5, 5.41) is 17.8. The normalized spacial score (nSPS) is 10.6. The topological polar surface area (TPSA) is 87.7 Å². The summed E-state index contributed by atoms with van der Waals surface area (Å²) >= 11 is 5.17. The second-order valence-electron chi connectivity index (χ2n) is 3.10. The van der Waals surface area contributed by atoms with E-state index in [9.17, 15) is 19.8 Å². The van der Waals surface area contributed by atoms with E-state index in [2.05, 4.69) is 0 Å². The van der Waals surface area contributed by atoms with Gasteiger partial charge in [0.15, 0.2) is 11.5 Å². The summed E-state index contributed by atoms with van der Waals surface area (Å²) < 4.78 is 4.76. The number of halogens is 1. The summed E-state index contributed by atoms with van der Waals surface area (Å²) in [6.07, 6.45) is 0. The Morgan fingerprint density at radius 2 is 1.81 bits per heavy atom. The van der Waals surface area contributed by atoms with Gasteiger partial charge in [-0.15, -0.1) is 0 Å². The molecule has 2 N–H and O–H groups in total. The first-order valence-electron chi connectivity index (χ1n) is 4.18. The van der Waals surface area contributed by atoms with Crippen molar-refractivity contribution in [2.75, 3.05) is 0 Å². The molecule has 0 aliphatic rings. The highest BCUT2D eigenvalue weighted by molar-refractivity contribution is 6.67. The van der Waals surface area contributed by atoms with Crippen LogP contribution in [-0.4, -0.2) is 15.5 Å². The maximum Gasteiger partial charge on any atom is 0.348 e. The molecule has 2 rings (SSSR count). The highest BCUT2D eigenvalue weighted by Crippen LogP contribution is 2.29. The molecule has 2 aromatic rings. The Hall–Kier alpha value is -2.01. The minimum Gasteiger partial charge on any atom is -0.504 e. The SMILES string of the molecule is O=C(Cl)c1cc2cc(O)c(O)cc2oc1=O. The molecule has 0 fully saturated rings. The van der Waals surface area contributed by atoms with E-state index in [0.717, 1.165) is 12.1 Å². The third kappa shape index (κ3) is 1.61. The number of hydrogen-bond donors (Lipinski definition) is 2. The zero-order chi connectivity index (χ0) is 11.9. The van der Waals surface area contributed by atoms with Crippen LogP contribution in [0, 0.1) is 0 Å². The molecule has 0 atom stereocenters. The standard InChI is InChI=1S/C10H5ClO5/c11-9(14)5-1-4-2-6(12)7(13)3-8(4)16-10(5)15/h1-3,12-13H. The molecule has 82 valence electrons. The van der Waals surface area contributed by atoms with E-state index in [1.807, 2.05) is 0 Å². The minimum absolute atomic E-state index is 0.0574. The fraction of sp³-hybridized carbons (Fsp3) is 0. The van der Waals surface area contributed by atoms with Crippen LogP contribution in [0.2, 0.25) is 0 Å². The monoisotopic (exact) mass is 240 g/mol. The smallest absolute Gasteiger partial charge is 0.348 e. The second kappa shape index (κ2) is 3.53. The predicted octanol–water partition coefficient (Wildman–Crippen LogP) is 1.58. The molecule has 0 aliphatic heterocycles. The van der Waals surface area contributed by atoms with Crippen LogP contribution in [0.15, 0.2) is 27.4 Å². The Morgan fingerprint density at radius 3 is 2.44 bits per heavy atom. The molecule has 1 aromatic heterocycles. The molecule has 0 spiro atoms. The number of fused-ring (bicyclic) bond motifs is 1. The van der Waals surface area contributed by atoms with Gasteiger partial charge >= 0.3 is 5.63 Å². The number of hydrogen-bond acceptors (Lipinski definition) is 5. The number of phenols is 2. The van der Waals surface area contributed by atoms with Crippen molar-refractivity contribution in [3.05, 3.63) is 34.2 Å². The van der Waals surface area contributed by atoms with Crippen LogP contribution in [-0.2, 0) is 0 Å². The summed E-state index contributed by atoms with van der Waals surface area (Å²) in [5.74, 6) is -0.796. The summed E-state index contributed by atoms with van der Waals surface area (Å²) in [6, 6.07) is 3.43. The Balaban J connectivity index is 2.85. The summed E-state index contributed by atoms with van der Waals surface area (Å²) in [4.78, 5) is 22.1. The largest absolute Gasteiger partial charge is 0.504 e. The van der Waals surface area contributed by atoms with Crippen molar-refractivity contribution in [2.45, 2.75) is 0 Å². The van der Waals surface area contributed by atoms with Crippen LogP contribution in [0.1, 0.15) is 10.4 Å². The van der Waals surface area contributed by atoms with Gasteiger partial charge in [0.1, 0.15) is 11.1 Å². The van der Waals surface area contributed by atoms with Crippen LogP contribution in [0.3, 0.4) is 0 Å². The van der Waals surface area contributed by atoms with Crippen LogP contribution >= 0.6 is 11.6 Å². The molecule has 1 heterocycles. The number of benzene rings is 1. The molecular weight excluding hydrogens is 236 g/mol. The lowest BCUT2D eigenvalue weighted by molar-refractivity contribution is 0.107. The lowest BCUT2D eigenvalue weighted by atomic mass is 10.2. The molecule has 6 heteroatoms. The summed E-state index contributed by atoms with van der Waals surface area (Å²) in [5.41, 5.74) is -1.15. The lowest BCUT2D eigenvalue weighted by Gasteiger charge is -2.01. The van der Waals surface area contributed by atoms with Gasteiger partial charge in [-0.05, 0) is 23.7 Å². The van der Waals surface area contributed by atoms with Gasteiger partial charge in [0, 0.05) is 11.5 Å². The first-order chi connectivity index (χ1) is 7.49. The quantitative estimate of drug-likeness (QED) is 0.449. The van der Waals surface area contributed by atoms with Crippen molar-refractivity contribution in [1.29, 1.82) is 0 Å². The Labute approximate surface area is 93.5 Å². The van der Waals surface area contributed by atoms with Crippen molar-refractivity contribution < 1.29 is 19.4 Å². The van der Waals surface area contributed by atoms with Gasteiger partial charge in [-0.2, -0.15) is 0 Å². The fourth-order valence-corrected chi connectivity index (χ4v) is 1.41. The zero-order valence-corrected chi connectivity index (χ0v) is 8.49. The van der Waals surface area contributed by atoms with Crippen molar-refractivity contribution in [3.63, 3.8) is 0 Å². The molecule has 0 saturated carbocycles. The number of phenolic OH excluding ortho intramolecular Hbond substituents is 2.